The average molecular weight is 209 g/mol. The van der Waals surface area contributed by atoms with E-state index in [9.17, 15) is 5.11 Å². The summed E-state index contributed by atoms with van der Waals surface area (Å²) in [5, 5.41) is 18.5. The standard InChI is InChI=1S/C12H19NO2/c1-2-12(8-13,9-14)7-10-3-5-11(15)6-4-10/h3-6,14-15H,2,7-9,13H2,1H3. The SMILES string of the molecule is CCC(CN)(CO)Cc1ccc(O)cc1. The molecule has 3 heteroatoms. The van der Waals surface area contributed by atoms with E-state index in [0.717, 1.165) is 18.4 Å². The summed E-state index contributed by atoms with van der Waals surface area (Å²) in [5.74, 6) is 0.262. The Bertz CT molecular complexity index is 283. The number of hydrogen-bond donors (Lipinski definition) is 3. The number of aliphatic hydroxyl groups is 1. The number of aliphatic hydroxyl groups excluding tert-OH is 1. The summed E-state index contributed by atoms with van der Waals surface area (Å²) in [6, 6.07) is 7.05. The number of hydrogen-bond acceptors (Lipinski definition) is 3. The van der Waals surface area contributed by atoms with Crippen molar-refractivity contribution in [3.05, 3.63) is 29.8 Å². The van der Waals surface area contributed by atoms with Crippen LogP contribution in [0.5, 0.6) is 5.75 Å². The molecule has 0 aliphatic heterocycles. The van der Waals surface area contributed by atoms with Crippen molar-refractivity contribution in [2.75, 3.05) is 13.2 Å². The summed E-state index contributed by atoms with van der Waals surface area (Å²) >= 11 is 0. The molecule has 3 nitrogen and oxygen atoms in total. The number of rotatable bonds is 5. The number of nitrogens with two attached hydrogens (primary N) is 1. The van der Waals surface area contributed by atoms with Crippen LogP contribution in [0.4, 0.5) is 0 Å². The second-order valence-corrected chi connectivity index (χ2v) is 4.06. The largest absolute Gasteiger partial charge is 0.508 e. The van der Waals surface area contributed by atoms with Gasteiger partial charge in [-0.15, -0.1) is 0 Å². The summed E-state index contributed by atoms with van der Waals surface area (Å²) in [6.45, 7) is 2.60. The lowest BCUT2D eigenvalue weighted by Crippen LogP contribution is -2.35. The Kier molecular flexibility index (Phi) is 4.12. The van der Waals surface area contributed by atoms with Crippen molar-refractivity contribution in [1.82, 2.24) is 0 Å². The maximum atomic E-state index is 9.36. The van der Waals surface area contributed by atoms with Gasteiger partial charge >= 0.3 is 0 Å². The van der Waals surface area contributed by atoms with Crippen molar-refractivity contribution in [1.29, 1.82) is 0 Å². The van der Waals surface area contributed by atoms with Crippen molar-refractivity contribution in [3.63, 3.8) is 0 Å². The third kappa shape index (κ3) is 2.94. The van der Waals surface area contributed by atoms with Crippen LogP contribution in [-0.4, -0.2) is 23.4 Å². The van der Waals surface area contributed by atoms with Gasteiger partial charge in [0.1, 0.15) is 5.75 Å². The first-order chi connectivity index (χ1) is 7.15. The molecule has 1 rings (SSSR count). The van der Waals surface area contributed by atoms with Crippen LogP contribution in [0.15, 0.2) is 24.3 Å². The lowest BCUT2D eigenvalue weighted by molar-refractivity contribution is 0.127. The Balaban J connectivity index is 2.78. The van der Waals surface area contributed by atoms with Gasteiger partial charge in [0, 0.05) is 12.0 Å². The van der Waals surface area contributed by atoms with Crippen LogP contribution >= 0.6 is 0 Å². The van der Waals surface area contributed by atoms with E-state index in [1.807, 2.05) is 19.1 Å². The molecular weight excluding hydrogens is 190 g/mol. The van der Waals surface area contributed by atoms with Crippen LogP contribution in [0.3, 0.4) is 0 Å². The molecule has 0 heterocycles. The molecule has 0 spiro atoms. The van der Waals surface area contributed by atoms with Crippen molar-refractivity contribution in [3.8, 4) is 5.75 Å². The van der Waals surface area contributed by atoms with Gasteiger partial charge in [0.15, 0.2) is 0 Å². The van der Waals surface area contributed by atoms with E-state index >= 15 is 0 Å². The lowest BCUT2D eigenvalue weighted by atomic mass is 9.80. The Morgan fingerprint density at radius 3 is 2.27 bits per heavy atom. The highest BCUT2D eigenvalue weighted by Gasteiger charge is 2.25. The zero-order valence-corrected chi connectivity index (χ0v) is 9.11. The van der Waals surface area contributed by atoms with Crippen molar-refractivity contribution in [2.24, 2.45) is 11.1 Å². The number of phenolic OH excluding ortho intramolecular Hbond substituents is 1. The number of phenols is 1. The van der Waals surface area contributed by atoms with Crippen molar-refractivity contribution in [2.45, 2.75) is 19.8 Å². The molecule has 0 fully saturated rings. The van der Waals surface area contributed by atoms with Crippen molar-refractivity contribution < 1.29 is 10.2 Å². The third-order valence-electron chi connectivity index (χ3n) is 3.03. The summed E-state index contributed by atoms with van der Waals surface area (Å²) in [6.07, 6.45) is 1.59. The van der Waals surface area contributed by atoms with E-state index in [4.69, 9.17) is 10.8 Å². The Morgan fingerprint density at radius 1 is 1.27 bits per heavy atom. The Labute approximate surface area is 90.5 Å². The molecule has 1 unspecified atom stereocenters. The molecule has 0 radical (unpaired) electrons. The molecule has 4 N–H and O–H groups in total. The van der Waals surface area contributed by atoms with Crippen LogP contribution in [0.1, 0.15) is 18.9 Å². The Morgan fingerprint density at radius 2 is 1.87 bits per heavy atom. The predicted octanol–water partition coefficient (Wildman–Crippen LogP) is 1.28. The molecular formula is C12H19NO2. The minimum Gasteiger partial charge on any atom is -0.508 e. The second-order valence-electron chi connectivity index (χ2n) is 4.06. The van der Waals surface area contributed by atoms with Gasteiger partial charge in [-0.3, -0.25) is 0 Å². The first kappa shape index (κ1) is 12.0. The van der Waals surface area contributed by atoms with Crippen LogP contribution in [-0.2, 0) is 6.42 Å². The zero-order chi connectivity index (χ0) is 11.3. The highest BCUT2D eigenvalue weighted by molar-refractivity contribution is 5.26. The van der Waals surface area contributed by atoms with E-state index in [0.29, 0.717) is 6.54 Å². The molecule has 0 aromatic heterocycles. The van der Waals surface area contributed by atoms with Gasteiger partial charge in [-0.05, 0) is 30.5 Å². The van der Waals surface area contributed by atoms with E-state index < -0.39 is 0 Å². The number of benzene rings is 1. The quantitative estimate of drug-likeness (QED) is 0.684. The summed E-state index contributed by atoms with van der Waals surface area (Å²) in [4.78, 5) is 0. The lowest BCUT2D eigenvalue weighted by Gasteiger charge is -2.29. The van der Waals surface area contributed by atoms with Gasteiger partial charge < -0.3 is 15.9 Å². The highest BCUT2D eigenvalue weighted by atomic mass is 16.3. The zero-order valence-electron chi connectivity index (χ0n) is 9.11. The molecule has 0 aliphatic rings. The van der Waals surface area contributed by atoms with Gasteiger partial charge in [0.05, 0.1) is 6.61 Å². The third-order valence-corrected chi connectivity index (χ3v) is 3.03. The normalized spacial score (nSPS) is 14.9. The first-order valence-corrected chi connectivity index (χ1v) is 5.24. The fourth-order valence-corrected chi connectivity index (χ4v) is 1.62. The van der Waals surface area contributed by atoms with Crippen molar-refractivity contribution >= 4 is 0 Å². The molecule has 15 heavy (non-hydrogen) atoms. The summed E-state index contributed by atoms with van der Waals surface area (Å²) in [7, 11) is 0. The monoisotopic (exact) mass is 209 g/mol. The van der Waals surface area contributed by atoms with E-state index in [-0.39, 0.29) is 17.8 Å². The molecule has 1 atom stereocenters. The molecule has 0 saturated heterocycles. The van der Waals surface area contributed by atoms with Gasteiger partial charge in [-0.25, -0.2) is 0 Å². The minimum absolute atomic E-state index is 0.0981. The molecule has 0 amide bonds. The highest BCUT2D eigenvalue weighted by Crippen LogP contribution is 2.26. The van der Waals surface area contributed by atoms with Crippen LogP contribution in [0.25, 0.3) is 0 Å². The topological polar surface area (TPSA) is 66.5 Å². The molecule has 0 saturated carbocycles. The molecule has 84 valence electrons. The fraction of sp³-hybridized carbons (Fsp3) is 0.500. The van der Waals surface area contributed by atoms with Gasteiger partial charge in [0.2, 0.25) is 0 Å². The molecule has 1 aromatic rings. The molecule has 0 aliphatic carbocycles. The van der Waals surface area contributed by atoms with E-state index in [1.54, 1.807) is 12.1 Å². The maximum absolute atomic E-state index is 9.36. The fourth-order valence-electron chi connectivity index (χ4n) is 1.62. The summed E-state index contributed by atoms with van der Waals surface area (Å²) < 4.78 is 0. The van der Waals surface area contributed by atoms with Gasteiger partial charge in [0.25, 0.3) is 0 Å². The second kappa shape index (κ2) is 5.14. The predicted molar refractivity (Wildman–Crippen MR) is 60.7 cm³/mol. The first-order valence-electron chi connectivity index (χ1n) is 5.24. The molecule has 0 bridgehead atoms. The number of aromatic hydroxyl groups is 1. The minimum atomic E-state index is -0.225. The van der Waals surface area contributed by atoms with Crippen LogP contribution in [0.2, 0.25) is 0 Å². The Hall–Kier alpha value is -1.06. The van der Waals surface area contributed by atoms with Gasteiger partial charge in [-0.1, -0.05) is 19.1 Å². The average Bonchev–Trinajstić information content (AvgIpc) is 2.29. The maximum Gasteiger partial charge on any atom is 0.115 e. The van der Waals surface area contributed by atoms with Crippen LogP contribution < -0.4 is 5.73 Å². The van der Waals surface area contributed by atoms with E-state index in [1.165, 1.54) is 0 Å². The van der Waals surface area contributed by atoms with E-state index in [2.05, 4.69) is 0 Å². The summed E-state index contributed by atoms with van der Waals surface area (Å²) in [5.41, 5.74) is 6.56. The smallest absolute Gasteiger partial charge is 0.115 e. The van der Waals surface area contributed by atoms with Crippen LogP contribution in [0, 0.1) is 5.41 Å². The van der Waals surface area contributed by atoms with Gasteiger partial charge in [-0.2, -0.15) is 0 Å². The molecule has 1 aromatic carbocycles.